The highest BCUT2D eigenvalue weighted by Gasteiger charge is 2.26. The molecule has 0 aliphatic heterocycles. The third kappa shape index (κ3) is 3.86. The van der Waals surface area contributed by atoms with Gasteiger partial charge in [-0.3, -0.25) is 0 Å². The van der Waals surface area contributed by atoms with Gasteiger partial charge in [0.25, 0.3) is 10.0 Å². The van der Waals surface area contributed by atoms with Gasteiger partial charge in [-0.1, -0.05) is 73.3 Å². The van der Waals surface area contributed by atoms with Gasteiger partial charge in [0.05, 0.1) is 17.5 Å². The van der Waals surface area contributed by atoms with Crippen molar-refractivity contribution in [1.82, 2.24) is 8.96 Å². The fraction of sp³-hybridized carbons (Fsp3) is 0.0312. The summed E-state index contributed by atoms with van der Waals surface area (Å²) in [4.78, 5) is 4.80. The van der Waals surface area contributed by atoms with Crippen LogP contribution in [0.3, 0.4) is 0 Å². The minimum Gasteiger partial charge on any atom is -0.497 e. The largest absolute Gasteiger partial charge is 0.497 e. The zero-order chi connectivity index (χ0) is 26.3. The topological polar surface area (TPSA) is 61.2 Å². The average Bonchev–Trinajstić information content (AvgIpc) is 3.32. The van der Waals surface area contributed by atoms with Gasteiger partial charge in [0, 0.05) is 17.0 Å². The Hall–Kier alpha value is -4.68. The summed E-state index contributed by atoms with van der Waals surface area (Å²) >= 11 is 0. The molecule has 0 unspecified atom stereocenters. The van der Waals surface area contributed by atoms with E-state index in [4.69, 9.17) is 4.74 Å². The van der Waals surface area contributed by atoms with Crippen molar-refractivity contribution >= 4 is 37.5 Å². The molecule has 0 bridgehead atoms. The number of pyridine rings is 1. The molecular formula is C32H24N2O3S. The van der Waals surface area contributed by atoms with Crippen molar-refractivity contribution in [2.75, 3.05) is 7.11 Å². The first kappa shape index (κ1) is 23.7. The van der Waals surface area contributed by atoms with Crippen LogP contribution < -0.4 is 4.74 Å². The van der Waals surface area contributed by atoms with Gasteiger partial charge >= 0.3 is 0 Å². The van der Waals surface area contributed by atoms with Crippen molar-refractivity contribution in [3.05, 3.63) is 133 Å². The van der Waals surface area contributed by atoms with E-state index in [0.29, 0.717) is 11.2 Å². The number of methoxy groups -OCH3 is 1. The lowest BCUT2D eigenvalue weighted by Crippen LogP contribution is -2.13. The predicted octanol–water partition coefficient (Wildman–Crippen LogP) is 7.16. The molecule has 2 aromatic heterocycles. The van der Waals surface area contributed by atoms with Crippen LogP contribution in [0.25, 0.3) is 38.6 Å². The summed E-state index contributed by atoms with van der Waals surface area (Å²) in [6, 6.07) is 33.8. The molecule has 0 fully saturated rings. The van der Waals surface area contributed by atoms with E-state index >= 15 is 0 Å². The molecule has 186 valence electrons. The second-order valence-corrected chi connectivity index (χ2v) is 10.7. The SMILES string of the molecule is C=C(c1ccccc1)c1ccnc2c1c1cc(-c3ccc(OC)cc3)ccc1n2S(=O)(=O)c1ccccc1. The first-order chi connectivity index (χ1) is 18.5. The molecule has 38 heavy (non-hydrogen) atoms. The summed E-state index contributed by atoms with van der Waals surface area (Å²) in [5.41, 5.74) is 5.46. The highest BCUT2D eigenvalue weighted by atomic mass is 32.2. The van der Waals surface area contributed by atoms with E-state index < -0.39 is 10.0 Å². The van der Waals surface area contributed by atoms with Gasteiger partial charge in [-0.05, 0) is 70.3 Å². The average molecular weight is 517 g/mol. The standard InChI is InChI=1S/C32H24N2O3S/c1-22(23-9-5-3-6-10-23)28-19-20-33-32-31(28)29-21-25(24-13-16-26(37-2)17-14-24)15-18-30(29)34(32)38(35,36)27-11-7-4-8-12-27/h3-21H,1H2,2H3. The first-order valence-electron chi connectivity index (χ1n) is 12.1. The van der Waals surface area contributed by atoms with E-state index in [1.54, 1.807) is 43.6 Å². The fourth-order valence-corrected chi connectivity index (χ4v) is 6.34. The van der Waals surface area contributed by atoms with Crippen molar-refractivity contribution in [3.8, 4) is 16.9 Å². The van der Waals surface area contributed by atoms with Crippen LogP contribution in [0.5, 0.6) is 5.75 Å². The molecule has 0 spiro atoms. The third-order valence-electron chi connectivity index (χ3n) is 6.76. The molecule has 4 aromatic carbocycles. The monoisotopic (exact) mass is 516 g/mol. The number of nitrogens with zero attached hydrogens (tertiary/aromatic N) is 2. The molecule has 5 nitrogen and oxygen atoms in total. The number of ether oxygens (including phenoxy) is 1. The molecule has 0 saturated carbocycles. The molecule has 6 rings (SSSR count). The van der Waals surface area contributed by atoms with Crippen LogP contribution in [0.15, 0.2) is 127 Å². The number of fused-ring (bicyclic) bond motifs is 3. The summed E-state index contributed by atoms with van der Waals surface area (Å²) in [5, 5.41) is 1.53. The molecule has 6 heteroatoms. The van der Waals surface area contributed by atoms with E-state index in [1.807, 2.05) is 78.9 Å². The van der Waals surface area contributed by atoms with Crippen molar-refractivity contribution in [3.63, 3.8) is 0 Å². The Balaban J connectivity index is 1.68. The Morgan fingerprint density at radius 1 is 0.816 bits per heavy atom. The summed E-state index contributed by atoms with van der Waals surface area (Å²) in [6.07, 6.45) is 1.64. The molecule has 0 saturated heterocycles. The zero-order valence-corrected chi connectivity index (χ0v) is 21.5. The van der Waals surface area contributed by atoms with Gasteiger partial charge in [0.2, 0.25) is 0 Å². The number of aromatic nitrogens is 2. The van der Waals surface area contributed by atoms with Crippen LogP contribution in [0.2, 0.25) is 0 Å². The van der Waals surface area contributed by atoms with Crippen molar-refractivity contribution in [2.45, 2.75) is 4.90 Å². The quantitative estimate of drug-likeness (QED) is 0.236. The summed E-state index contributed by atoms with van der Waals surface area (Å²) in [6.45, 7) is 4.38. The Labute approximate surface area is 221 Å². The lowest BCUT2D eigenvalue weighted by molar-refractivity contribution is 0.415. The normalized spacial score (nSPS) is 11.6. The molecule has 0 atom stereocenters. The highest BCUT2D eigenvalue weighted by Crippen LogP contribution is 2.39. The van der Waals surface area contributed by atoms with Gasteiger partial charge in [-0.25, -0.2) is 17.4 Å². The highest BCUT2D eigenvalue weighted by molar-refractivity contribution is 7.90. The number of hydrogen-bond donors (Lipinski definition) is 0. The molecule has 0 radical (unpaired) electrons. The first-order valence-corrected chi connectivity index (χ1v) is 13.6. The van der Waals surface area contributed by atoms with Crippen LogP contribution in [-0.4, -0.2) is 24.5 Å². The lowest BCUT2D eigenvalue weighted by atomic mass is 9.95. The van der Waals surface area contributed by atoms with Gasteiger partial charge in [0.1, 0.15) is 5.75 Å². The lowest BCUT2D eigenvalue weighted by Gasteiger charge is -2.10. The van der Waals surface area contributed by atoms with Crippen LogP contribution in [-0.2, 0) is 10.0 Å². The predicted molar refractivity (Wildman–Crippen MR) is 153 cm³/mol. The smallest absolute Gasteiger partial charge is 0.269 e. The molecule has 0 aliphatic rings. The number of hydrogen-bond acceptors (Lipinski definition) is 4. The third-order valence-corrected chi connectivity index (χ3v) is 8.48. The van der Waals surface area contributed by atoms with E-state index in [2.05, 4.69) is 11.6 Å². The van der Waals surface area contributed by atoms with Crippen molar-refractivity contribution in [1.29, 1.82) is 0 Å². The molecule has 0 N–H and O–H groups in total. The van der Waals surface area contributed by atoms with Gasteiger partial charge in [-0.2, -0.15) is 0 Å². The Morgan fingerprint density at radius 3 is 2.16 bits per heavy atom. The molecule has 2 heterocycles. The Kier molecular flexibility index (Phi) is 5.81. The van der Waals surface area contributed by atoms with E-state index in [0.717, 1.165) is 44.3 Å². The maximum Gasteiger partial charge on any atom is 0.269 e. The minimum atomic E-state index is -3.93. The second kappa shape index (κ2) is 9.32. The minimum absolute atomic E-state index is 0.201. The molecular weight excluding hydrogens is 492 g/mol. The van der Waals surface area contributed by atoms with Crippen LogP contribution in [0, 0.1) is 0 Å². The number of benzene rings is 4. The van der Waals surface area contributed by atoms with Gasteiger partial charge in [-0.15, -0.1) is 0 Å². The summed E-state index contributed by atoms with van der Waals surface area (Å²) < 4.78 is 34.6. The van der Waals surface area contributed by atoms with Crippen LogP contribution in [0.4, 0.5) is 0 Å². The van der Waals surface area contributed by atoms with Crippen molar-refractivity contribution < 1.29 is 13.2 Å². The number of rotatable bonds is 6. The second-order valence-electron chi connectivity index (χ2n) is 8.94. The van der Waals surface area contributed by atoms with E-state index in [1.165, 1.54) is 3.97 Å². The fourth-order valence-electron chi connectivity index (χ4n) is 4.85. The van der Waals surface area contributed by atoms with Gasteiger partial charge in [0.15, 0.2) is 5.65 Å². The van der Waals surface area contributed by atoms with Crippen LogP contribution >= 0.6 is 0 Å². The molecule has 0 aliphatic carbocycles. The summed E-state index contributed by atoms with van der Waals surface area (Å²) in [7, 11) is -2.30. The Bertz CT molecular complexity index is 1910. The maximum atomic E-state index is 14.0. The van der Waals surface area contributed by atoms with Crippen molar-refractivity contribution in [2.24, 2.45) is 0 Å². The Morgan fingerprint density at radius 2 is 1.47 bits per heavy atom. The van der Waals surface area contributed by atoms with Crippen LogP contribution in [0.1, 0.15) is 11.1 Å². The maximum absolute atomic E-state index is 14.0. The molecule has 0 amide bonds. The van der Waals surface area contributed by atoms with E-state index in [-0.39, 0.29) is 4.90 Å². The molecule has 6 aromatic rings. The van der Waals surface area contributed by atoms with Gasteiger partial charge < -0.3 is 4.74 Å². The van der Waals surface area contributed by atoms with E-state index in [9.17, 15) is 8.42 Å². The summed E-state index contributed by atoms with van der Waals surface area (Å²) in [5.74, 6) is 0.769. The zero-order valence-electron chi connectivity index (χ0n) is 20.7.